The molecule has 0 unspecified atom stereocenters. The Kier molecular flexibility index (Phi) is 5.73. The van der Waals surface area contributed by atoms with E-state index in [0.29, 0.717) is 19.4 Å². The summed E-state index contributed by atoms with van der Waals surface area (Å²) in [6, 6.07) is 7.85. The minimum Gasteiger partial charge on any atom is -0.352 e. The molecular formula is C17H24N4O2. The lowest BCUT2D eigenvalue weighted by molar-refractivity contribution is -0.136. The number of aromatic nitrogens is 2. The van der Waals surface area contributed by atoms with Crippen LogP contribution in [0.1, 0.15) is 33.0 Å². The number of fused-ring (bicyclic) bond motifs is 1. The van der Waals surface area contributed by atoms with Crippen molar-refractivity contribution in [3.8, 4) is 0 Å². The van der Waals surface area contributed by atoms with Gasteiger partial charge in [0.15, 0.2) is 0 Å². The SMILES string of the molecule is CCN(CC(=O)NC(C)C)C(=O)CCc1nc2ccccc2[nH]1. The van der Waals surface area contributed by atoms with Gasteiger partial charge in [-0.3, -0.25) is 9.59 Å². The minimum absolute atomic E-state index is 0.0353. The van der Waals surface area contributed by atoms with Crippen molar-refractivity contribution in [1.29, 1.82) is 0 Å². The Morgan fingerprint density at radius 2 is 2.04 bits per heavy atom. The summed E-state index contributed by atoms with van der Waals surface area (Å²) >= 11 is 0. The van der Waals surface area contributed by atoms with Crippen LogP contribution >= 0.6 is 0 Å². The molecule has 124 valence electrons. The number of imidazole rings is 1. The van der Waals surface area contributed by atoms with Crippen LogP contribution < -0.4 is 5.32 Å². The second kappa shape index (κ2) is 7.76. The standard InChI is InChI=1S/C17H24N4O2/c1-4-21(11-16(22)18-12(2)3)17(23)10-9-15-19-13-7-5-6-8-14(13)20-15/h5-8,12H,4,9-11H2,1-3H3,(H,18,22)(H,19,20). The molecule has 2 N–H and O–H groups in total. The number of aromatic amines is 1. The number of nitrogens with one attached hydrogen (secondary N) is 2. The number of hydrogen-bond donors (Lipinski definition) is 2. The number of benzene rings is 1. The number of carbonyl (C=O) groups excluding carboxylic acids is 2. The van der Waals surface area contributed by atoms with Crippen molar-refractivity contribution in [2.45, 2.75) is 39.7 Å². The monoisotopic (exact) mass is 316 g/mol. The van der Waals surface area contributed by atoms with E-state index in [4.69, 9.17) is 0 Å². The van der Waals surface area contributed by atoms with Crippen LogP contribution in [0, 0.1) is 0 Å². The third-order valence-electron chi connectivity index (χ3n) is 3.53. The molecule has 6 nitrogen and oxygen atoms in total. The second-order valence-electron chi connectivity index (χ2n) is 5.83. The molecule has 0 aliphatic heterocycles. The number of hydrogen-bond acceptors (Lipinski definition) is 3. The lowest BCUT2D eigenvalue weighted by atomic mass is 10.2. The highest BCUT2D eigenvalue weighted by Gasteiger charge is 2.16. The fourth-order valence-electron chi connectivity index (χ4n) is 2.42. The molecule has 0 bridgehead atoms. The van der Waals surface area contributed by atoms with Gasteiger partial charge in [0.05, 0.1) is 17.6 Å². The van der Waals surface area contributed by atoms with Gasteiger partial charge in [-0.05, 0) is 32.9 Å². The van der Waals surface area contributed by atoms with E-state index < -0.39 is 0 Å². The summed E-state index contributed by atoms with van der Waals surface area (Å²) in [6.07, 6.45) is 0.873. The summed E-state index contributed by atoms with van der Waals surface area (Å²) in [5, 5.41) is 2.80. The van der Waals surface area contributed by atoms with Crippen molar-refractivity contribution in [2.75, 3.05) is 13.1 Å². The summed E-state index contributed by atoms with van der Waals surface area (Å²) in [4.78, 5) is 33.3. The van der Waals surface area contributed by atoms with Gasteiger partial charge in [0.1, 0.15) is 5.82 Å². The molecule has 0 aliphatic carbocycles. The third kappa shape index (κ3) is 4.81. The van der Waals surface area contributed by atoms with Crippen LogP contribution in [0.5, 0.6) is 0 Å². The maximum Gasteiger partial charge on any atom is 0.239 e. The number of aryl methyl sites for hydroxylation is 1. The Balaban J connectivity index is 1.90. The van der Waals surface area contributed by atoms with Gasteiger partial charge < -0.3 is 15.2 Å². The summed E-state index contributed by atoms with van der Waals surface area (Å²) in [5.74, 6) is 0.632. The topological polar surface area (TPSA) is 78.1 Å². The van der Waals surface area contributed by atoms with Crippen LogP contribution in [0.15, 0.2) is 24.3 Å². The first-order chi connectivity index (χ1) is 11.0. The summed E-state index contributed by atoms with van der Waals surface area (Å²) in [7, 11) is 0. The van der Waals surface area contributed by atoms with Gasteiger partial charge in [-0.15, -0.1) is 0 Å². The van der Waals surface area contributed by atoms with E-state index in [9.17, 15) is 9.59 Å². The Morgan fingerprint density at radius 3 is 2.70 bits per heavy atom. The molecule has 1 heterocycles. The van der Waals surface area contributed by atoms with Gasteiger partial charge in [-0.2, -0.15) is 0 Å². The van der Waals surface area contributed by atoms with Crippen molar-refractivity contribution in [3.05, 3.63) is 30.1 Å². The highest BCUT2D eigenvalue weighted by molar-refractivity contribution is 5.85. The molecule has 2 aromatic rings. The van der Waals surface area contributed by atoms with Gasteiger partial charge in [0.2, 0.25) is 11.8 Å². The molecule has 2 rings (SSSR count). The van der Waals surface area contributed by atoms with Crippen LogP contribution in [0.4, 0.5) is 0 Å². The zero-order chi connectivity index (χ0) is 16.8. The first kappa shape index (κ1) is 17.0. The van der Waals surface area contributed by atoms with Crippen LogP contribution in [-0.4, -0.2) is 45.8 Å². The lowest BCUT2D eigenvalue weighted by Crippen LogP contribution is -2.42. The van der Waals surface area contributed by atoms with Gasteiger partial charge in [-0.25, -0.2) is 4.98 Å². The Bertz CT molecular complexity index is 645. The van der Waals surface area contributed by atoms with Crippen molar-refractivity contribution >= 4 is 22.8 Å². The van der Waals surface area contributed by atoms with Gasteiger partial charge in [-0.1, -0.05) is 12.1 Å². The van der Waals surface area contributed by atoms with E-state index in [1.165, 1.54) is 0 Å². The van der Waals surface area contributed by atoms with Crippen molar-refractivity contribution in [1.82, 2.24) is 20.2 Å². The van der Waals surface area contributed by atoms with Crippen LogP contribution in [0.3, 0.4) is 0 Å². The maximum absolute atomic E-state index is 12.3. The van der Waals surface area contributed by atoms with Crippen LogP contribution in [0.2, 0.25) is 0 Å². The average molecular weight is 316 g/mol. The first-order valence-electron chi connectivity index (χ1n) is 8.00. The van der Waals surface area contributed by atoms with Crippen molar-refractivity contribution in [3.63, 3.8) is 0 Å². The first-order valence-corrected chi connectivity index (χ1v) is 8.00. The molecule has 0 radical (unpaired) electrons. The molecule has 0 atom stereocenters. The van der Waals surface area contributed by atoms with E-state index in [2.05, 4.69) is 15.3 Å². The van der Waals surface area contributed by atoms with Crippen molar-refractivity contribution < 1.29 is 9.59 Å². The number of carbonyl (C=O) groups is 2. The average Bonchev–Trinajstić information content (AvgIpc) is 2.92. The van der Waals surface area contributed by atoms with E-state index in [-0.39, 0.29) is 24.4 Å². The molecule has 0 aliphatic rings. The third-order valence-corrected chi connectivity index (χ3v) is 3.53. The number of likely N-dealkylation sites (N-methyl/N-ethyl adjacent to an activating group) is 1. The van der Waals surface area contributed by atoms with E-state index >= 15 is 0 Å². The molecule has 0 saturated heterocycles. The highest BCUT2D eigenvalue weighted by Crippen LogP contribution is 2.11. The molecule has 2 amide bonds. The molecule has 1 aromatic heterocycles. The van der Waals surface area contributed by atoms with E-state index in [1.54, 1.807) is 4.90 Å². The van der Waals surface area contributed by atoms with Crippen LogP contribution in [0.25, 0.3) is 11.0 Å². The Hall–Kier alpha value is -2.37. The van der Waals surface area contributed by atoms with E-state index in [0.717, 1.165) is 16.9 Å². The summed E-state index contributed by atoms with van der Waals surface area (Å²) in [5.41, 5.74) is 1.87. The maximum atomic E-state index is 12.3. The smallest absolute Gasteiger partial charge is 0.239 e. The Morgan fingerprint density at radius 1 is 1.30 bits per heavy atom. The normalized spacial score (nSPS) is 11.0. The van der Waals surface area contributed by atoms with Crippen molar-refractivity contribution in [2.24, 2.45) is 0 Å². The number of amides is 2. The summed E-state index contributed by atoms with van der Waals surface area (Å²) in [6.45, 7) is 6.30. The predicted molar refractivity (Wildman–Crippen MR) is 89.9 cm³/mol. The largest absolute Gasteiger partial charge is 0.352 e. The molecule has 1 aromatic carbocycles. The summed E-state index contributed by atoms with van der Waals surface area (Å²) < 4.78 is 0. The van der Waals surface area contributed by atoms with Gasteiger partial charge in [0, 0.05) is 25.4 Å². The molecule has 0 saturated carbocycles. The van der Waals surface area contributed by atoms with Gasteiger partial charge in [0.25, 0.3) is 0 Å². The molecular weight excluding hydrogens is 292 g/mol. The lowest BCUT2D eigenvalue weighted by Gasteiger charge is -2.21. The second-order valence-corrected chi connectivity index (χ2v) is 5.83. The fraction of sp³-hybridized carbons (Fsp3) is 0.471. The number of para-hydroxylation sites is 2. The van der Waals surface area contributed by atoms with Gasteiger partial charge >= 0.3 is 0 Å². The zero-order valence-corrected chi connectivity index (χ0v) is 13.9. The molecule has 6 heteroatoms. The Labute approximate surface area is 136 Å². The molecule has 23 heavy (non-hydrogen) atoms. The number of H-pyrrole nitrogens is 1. The van der Waals surface area contributed by atoms with E-state index in [1.807, 2.05) is 45.0 Å². The zero-order valence-electron chi connectivity index (χ0n) is 13.9. The fourth-order valence-corrected chi connectivity index (χ4v) is 2.42. The predicted octanol–water partition coefficient (Wildman–Crippen LogP) is 1.87. The number of rotatable bonds is 7. The molecule has 0 fully saturated rings. The number of nitrogens with zero attached hydrogens (tertiary/aromatic N) is 2. The minimum atomic E-state index is -0.126. The molecule has 0 spiro atoms. The quantitative estimate of drug-likeness (QED) is 0.818. The highest BCUT2D eigenvalue weighted by atomic mass is 16.2. The van der Waals surface area contributed by atoms with Crippen LogP contribution in [-0.2, 0) is 16.0 Å².